The number of nitrogens with zero attached hydrogens (tertiary/aromatic N) is 2. The Hall–Kier alpha value is -9.84. The molecule has 4 heteroatoms. The highest BCUT2D eigenvalue weighted by atomic mass is 79.9. The smallest absolute Gasteiger partial charge is 0.0464 e. The first kappa shape index (κ1) is 57.9. The Kier molecular flexibility index (Phi) is 16.3. The summed E-state index contributed by atoms with van der Waals surface area (Å²) in [6.45, 7) is 9.17. The number of fused-ring (bicyclic) bond motifs is 2. The third kappa shape index (κ3) is 11.4. The van der Waals surface area contributed by atoms with Crippen molar-refractivity contribution in [1.29, 1.82) is 0 Å². The lowest BCUT2D eigenvalue weighted by atomic mass is 9.82. The van der Waals surface area contributed by atoms with E-state index in [1.807, 2.05) is 0 Å². The Morgan fingerprint density at radius 1 is 0.256 bits per heavy atom. The zero-order valence-electron chi connectivity index (χ0n) is 50.9. The van der Waals surface area contributed by atoms with Crippen LogP contribution in [0.2, 0.25) is 0 Å². The van der Waals surface area contributed by atoms with E-state index in [4.69, 9.17) is 0 Å². The Morgan fingerprint density at radius 3 is 0.867 bits per heavy atom. The number of hydrogen-bond acceptors (Lipinski definition) is 2. The molecule has 0 unspecified atom stereocenters. The van der Waals surface area contributed by atoms with E-state index in [-0.39, 0.29) is 0 Å². The second-order valence-corrected chi connectivity index (χ2v) is 25.1. The highest BCUT2D eigenvalue weighted by Crippen LogP contribution is 2.48. The average molecular weight is 1290 g/mol. The van der Waals surface area contributed by atoms with Crippen LogP contribution in [0.5, 0.6) is 0 Å². The van der Waals surface area contributed by atoms with Crippen LogP contribution in [0.3, 0.4) is 0 Å². The first-order valence-corrected chi connectivity index (χ1v) is 32.7. The van der Waals surface area contributed by atoms with Crippen molar-refractivity contribution in [1.82, 2.24) is 0 Å². The summed E-state index contributed by atoms with van der Waals surface area (Å²) < 4.78 is 2.14. The minimum Gasteiger partial charge on any atom is -0.310 e. The van der Waals surface area contributed by atoms with Crippen LogP contribution in [0, 0.1) is 13.8 Å². The number of aryl methyl sites for hydroxylation is 2. The topological polar surface area (TPSA) is 6.48 Å². The zero-order chi connectivity index (χ0) is 61.2. The van der Waals surface area contributed by atoms with Crippen molar-refractivity contribution in [3.05, 3.63) is 335 Å². The second kappa shape index (κ2) is 25.3. The monoisotopic (exact) mass is 1280 g/mol. The molecule has 0 heterocycles. The van der Waals surface area contributed by atoms with E-state index in [1.165, 1.54) is 122 Å². The summed E-state index contributed by atoms with van der Waals surface area (Å²) in [5.41, 5.74) is 28.7. The Bertz CT molecular complexity index is 4570. The molecule has 14 rings (SSSR count). The number of anilines is 6. The van der Waals surface area contributed by atoms with Gasteiger partial charge in [0.15, 0.2) is 0 Å². The first-order valence-electron chi connectivity index (χ1n) is 31.1. The molecule has 0 spiro atoms. The summed E-state index contributed by atoms with van der Waals surface area (Å²) in [4.78, 5) is 4.81. The molecule has 14 aromatic carbocycles. The van der Waals surface area contributed by atoms with Crippen LogP contribution < -0.4 is 9.80 Å². The SMILES string of the molecule is CCc1cc(N(c2ccc(-c3ccc(Br)cc3)cc2)c2ccc(-c3cc4ccccc4c(-c4c(C)c(-c5ccc(N(c6ccc(-c7ccc(Br)cc7)cc6)c6ccc(-c7ccccc7)c(CC)c6)cc5)cc5ccccc45)c3C)cc2)ccc1-c1ccccc1. The van der Waals surface area contributed by atoms with Gasteiger partial charge in [0.1, 0.15) is 0 Å². The van der Waals surface area contributed by atoms with Crippen LogP contribution in [-0.2, 0) is 12.8 Å². The van der Waals surface area contributed by atoms with Crippen LogP contribution in [-0.4, -0.2) is 0 Å². The van der Waals surface area contributed by atoms with Crippen molar-refractivity contribution >= 4 is 87.5 Å². The van der Waals surface area contributed by atoms with Crippen LogP contribution in [0.25, 0.3) is 99.4 Å². The van der Waals surface area contributed by atoms with Crippen LogP contribution in [0.4, 0.5) is 34.1 Å². The van der Waals surface area contributed by atoms with Crippen LogP contribution in [0.1, 0.15) is 36.1 Å². The molecule has 14 aromatic rings. The highest BCUT2D eigenvalue weighted by molar-refractivity contribution is 9.10. The van der Waals surface area contributed by atoms with E-state index in [9.17, 15) is 0 Å². The van der Waals surface area contributed by atoms with Gasteiger partial charge in [-0.1, -0.05) is 240 Å². The van der Waals surface area contributed by atoms with Gasteiger partial charge in [0.2, 0.25) is 0 Å². The number of benzene rings is 14. The minimum absolute atomic E-state index is 0.912. The zero-order valence-corrected chi connectivity index (χ0v) is 54.1. The normalized spacial score (nSPS) is 11.3. The highest BCUT2D eigenvalue weighted by Gasteiger charge is 2.23. The maximum atomic E-state index is 3.62. The molecule has 0 aliphatic rings. The molecule has 0 N–H and O–H groups in total. The number of rotatable bonds is 15. The van der Waals surface area contributed by atoms with E-state index in [1.54, 1.807) is 0 Å². The third-order valence-electron chi connectivity index (χ3n) is 18.0. The van der Waals surface area contributed by atoms with Crippen LogP contribution in [0.15, 0.2) is 312 Å². The fourth-order valence-electron chi connectivity index (χ4n) is 13.3. The van der Waals surface area contributed by atoms with Crippen molar-refractivity contribution < 1.29 is 0 Å². The molecule has 0 aliphatic carbocycles. The summed E-state index contributed by atoms with van der Waals surface area (Å²) in [6.07, 6.45) is 1.82. The maximum Gasteiger partial charge on any atom is 0.0464 e. The quantitative estimate of drug-likeness (QED) is 0.101. The van der Waals surface area contributed by atoms with Gasteiger partial charge in [0.05, 0.1) is 0 Å². The molecular weight excluding hydrogens is 1220 g/mol. The molecule has 0 saturated carbocycles. The van der Waals surface area contributed by atoms with Gasteiger partial charge in [0, 0.05) is 43.1 Å². The van der Waals surface area contributed by atoms with Gasteiger partial charge in [-0.15, -0.1) is 0 Å². The first-order chi connectivity index (χ1) is 44.2. The molecule has 0 radical (unpaired) electrons. The average Bonchev–Trinajstić information content (AvgIpc) is 0.901. The van der Waals surface area contributed by atoms with Gasteiger partial charge in [-0.25, -0.2) is 0 Å². The molecule has 0 aromatic heterocycles. The molecule has 0 amide bonds. The fraction of sp³-hybridized carbons (Fsp3) is 0.0698. The lowest BCUT2D eigenvalue weighted by Crippen LogP contribution is -2.10. The summed E-state index contributed by atoms with van der Waals surface area (Å²) in [7, 11) is 0. The van der Waals surface area contributed by atoms with Gasteiger partial charge in [-0.05, 0) is 258 Å². The second-order valence-electron chi connectivity index (χ2n) is 23.3. The summed E-state index contributed by atoms with van der Waals surface area (Å²) in [5.74, 6) is 0. The van der Waals surface area contributed by atoms with E-state index < -0.39 is 0 Å². The van der Waals surface area contributed by atoms with E-state index in [0.717, 1.165) is 55.9 Å². The lowest BCUT2D eigenvalue weighted by molar-refractivity contribution is 1.13. The van der Waals surface area contributed by atoms with Gasteiger partial charge in [0.25, 0.3) is 0 Å². The standard InChI is InChI=1S/C86H66Br2N2/c1-5-59-53-77(49-51-79(59)65-17-9-7-10-18-65)89(73-41-29-63(30-42-73)61-25-37-71(87)38-26-61)75-45-33-67(34-46-75)83-55-69-21-13-15-23-81(69)85(57(83)3)86-58(4)84(56-70-22-14-16-24-82(70)86)68-35-47-76(48-36-68)90(74-43-31-64(32-44-74)62-27-39-72(88)40-28-62)78-50-52-80(60(6-2)54-78)66-19-11-8-12-20-66/h7-56H,5-6H2,1-4H3. The fourth-order valence-corrected chi connectivity index (χ4v) is 13.9. The summed E-state index contributed by atoms with van der Waals surface area (Å²) in [5, 5.41) is 4.90. The molecular formula is C86H66Br2N2. The molecule has 434 valence electrons. The molecule has 0 fully saturated rings. The van der Waals surface area contributed by atoms with Gasteiger partial charge in [-0.3, -0.25) is 0 Å². The molecule has 0 aliphatic heterocycles. The molecule has 0 atom stereocenters. The van der Waals surface area contributed by atoms with Crippen molar-refractivity contribution in [2.75, 3.05) is 9.80 Å². The van der Waals surface area contributed by atoms with E-state index in [2.05, 4.69) is 373 Å². The Labute approximate surface area is 546 Å². The van der Waals surface area contributed by atoms with Crippen molar-refractivity contribution in [3.8, 4) is 77.9 Å². The molecule has 2 nitrogen and oxygen atoms in total. The molecule has 90 heavy (non-hydrogen) atoms. The number of hydrogen-bond donors (Lipinski definition) is 0. The summed E-state index contributed by atoms with van der Waals surface area (Å²) in [6, 6.07) is 112. The van der Waals surface area contributed by atoms with E-state index in [0.29, 0.717) is 0 Å². The van der Waals surface area contributed by atoms with Crippen LogP contribution >= 0.6 is 31.9 Å². The lowest BCUT2D eigenvalue weighted by Gasteiger charge is -2.27. The minimum atomic E-state index is 0.912. The predicted octanol–water partition coefficient (Wildman–Crippen LogP) is 25.9. The summed E-state index contributed by atoms with van der Waals surface area (Å²) >= 11 is 7.25. The third-order valence-corrected chi connectivity index (χ3v) is 19.0. The van der Waals surface area contributed by atoms with Gasteiger partial charge < -0.3 is 9.80 Å². The van der Waals surface area contributed by atoms with Gasteiger partial charge >= 0.3 is 0 Å². The van der Waals surface area contributed by atoms with Gasteiger partial charge in [-0.2, -0.15) is 0 Å². The van der Waals surface area contributed by atoms with Crippen molar-refractivity contribution in [2.45, 2.75) is 40.5 Å². The maximum absolute atomic E-state index is 3.62. The Balaban J connectivity index is 0.856. The molecule has 0 saturated heterocycles. The Morgan fingerprint density at radius 2 is 0.533 bits per heavy atom. The van der Waals surface area contributed by atoms with Crippen molar-refractivity contribution in [2.24, 2.45) is 0 Å². The largest absolute Gasteiger partial charge is 0.310 e. The van der Waals surface area contributed by atoms with E-state index >= 15 is 0 Å². The molecule has 0 bridgehead atoms. The van der Waals surface area contributed by atoms with Crippen molar-refractivity contribution in [3.63, 3.8) is 0 Å². The predicted molar refractivity (Wildman–Crippen MR) is 393 cm³/mol. The number of halogens is 2.